The minimum Gasteiger partial charge on any atom is -0.860 e. The Labute approximate surface area is 342 Å². The molecule has 2 rings (SSSR count). The molecule has 1 aromatic rings. The van der Waals surface area contributed by atoms with Gasteiger partial charge in [0.25, 0.3) is 29.2 Å². The number of allylic oxidation sites excluding steroid dienone is 2. The van der Waals surface area contributed by atoms with E-state index in [-0.39, 0.29) is 186 Å². The van der Waals surface area contributed by atoms with Crippen LogP contribution in [0, 0.1) is 6.92 Å². The average molecular weight is 603 g/mol. The Balaban J connectivity index is 0. The maximum atomic E-state index is 12.7. The number of carbonyl (C=O) groups is 6. The number of aliphatic carboxylic acids is 2. The first-order chi connectivity index (χ1) is 16.2. The Hall–Kier alpha value is -0.101. The van der Waals surface area contributed by atoms with Crippen molar-refractivity contribution in [1.29, 1.82) is 0 Å². The molecule has 0 spiro atoms. The molecular formula is C21H17K3N4O10. The van der Waals surface area contributed by atoms with E-state index in [0.717, 1.165) is 18.2 Å². The summed E-state index contributed by atoms with van der Waals surface area (Å²) in [5, 5.41) is 34.6. The molecule has 0 saturated carbocycles. The maximum Gasteiger partial charge on any atom is 1.00 e. The molecule has 2 heterocycles. The van der Waals surface area contributed by atoms with E-state index in [0.29, 0.717) is 0 Å². The second-order valence-electron chi connectivity index (χ2n) is 7.22. The molecule has 0 radical (unpaired) electrons. The van der Waals surface area contributed by atoms with Crippen LogP contribution in [0.3, 0.4) is 0 Å². The van der Waals surface area contributed by atoms with Gasteiger partial charge < -0.3 is 40.9 Å². The number of amides is 4. The summed E-state index contributed by atoms with van der Waals surface area (Å²) >= 11 is 0. The van der Waals surface area contributed by atoms with Gasteiger partial charge in [0, 0.05) is 5.57 Å². The largest absolute Gasteiger partial charge is 1.00 e. The molecule has 0 aromatic carbocycles. The number of rotatable bonds is 8. The molecule has 1 aliphatic rings. The minimum absolute atomic E-state index is 0. The molecular weight excluding hydrogens is 586 g/mol. The van der Waals surface area contributed by atoms with Crippen molar-refractivity contribution in [1.82, 2.24) is 9.47 Å². The number of hydrogen-bond acceptors (Lipinski definition) is 10. The summed E-state index contributed by atoms with van der Waals surface area (Å²) < 4.78 is 0.234. The number of pyridine rings is 1. The number of primary amides is 2. The topological polar surface area (TPSA) is 249 Å². The van der Waals surface area contributed by atoms with Crippen LogP contribution in [0.2, 0.25) is 0 Å². The van der Waals surface area contributed by atoms with Crippen molar-refractivity contribution in [3.8, 4) is 5.88 Å². The molecule has 4 amide bonds. The number of carboxylic acids is 2. The van der Waals surface area contributed by atoms with Gasteiger partial charge in [-0.25, -0.2) is 0 Å². The van der Waals surface area contributed by atoms with Gasteiger partial charge in [-0.2, -0.15) is 0 Å². The van der Waals surface area contributed by atoms with E-state index in [1.807, 2.05) is 0 Å². The number of aromatic nitrogens is 1. The van der Waals surface area contributed by atoms with Crippen LogP contribution >= 0.6 is 0 Å². The Kier molecular flexibility index (Phi) is 17.9. The summed E-state index contributed by atoms with van der Waals surface area (Å²) in [6, 6.07) is 0. The number of nitrogens with zero attached hydrogens (tertiary/aromatic N) is 2. The number of carbonyl (C=O) groups excluding carboxylic acids is 6. The molecule has 0 atom stereocenters. The SMILES string of the molecule is CC1=C(C(N)=O)C(=O)N(CC(=O)[O-])C(=O)/C1=C\C=C\c1c(C)c(C(N)=O)c(=O)n(CC(=O)[O-])c1[O-].[K+].[K+].[K+]. The van der Waals surface area contributed by atoms with Gasteiger partial charge in [0.15, 0.2) is 0 Å². The predicted molar refractivity (Wildman–Crippen MR) is 109 cm³/mol. The standard InChI is InChI=1S/C21H20N4O10.3K/c1-8-10(18(32)24(6-12(26)27)20(34)14(8)16(22)30)4-3-5-11-9(2)15(17(23)31)21(35)25(19(11)33)7-13(28)29;;;/h3-5,32H,6-7H2,1-2H3,(H2,22,30)(H2,23,31)(H,26,27)(H,28,29);;;/q;3*+1/p-3/b4-3+,11-5-;;;. The molecule has 17 heteroatoms. The first-order valence-electron chi connectivity index (χ1n) is 9.60. The zero-order valence-corrected chi connectivity index (χ0v) is 30.6. The van der Waals surface area contributed by atoms with Crippen molar-refractivity contribution in [3.63, 3.8) is 0 Å². The zero-order chi connectivity index (χ0) is 26.8. The quantitative estimate of drug-likeness (QED) is 0.123. The van der Waals surface area contributed by atoms with Gasteiger partial charge >= 0.3 is 154 Å². The van der Waals surface area contributed by atoms with Crippen molar-refractivity contribution >= 4 is 41.6 Å². The average Bonchev–Trinajstić information content (AvgIpc) is 2.72. The van der Waals surface area contributed by atoms with E-state index in [1.165, 1.54) is 13.8 Å². The summed E-state index contributed by atoms with van der Waals surface area (Å²) in [5.41, 5.74) is 6.83. The number of nitrogens with two attached hydrogens (primary N) is 2. The normalized spacial score (nSPS) is 14.1. The number of carboxylic acid groups (broad SMARTS) is 2. The van der Waals surface area contributed by atoms with E-state index in [4.69, 9.17) is 11.5 Å². The van der Waals surface area contributed by atoms with Gasteiger partial charge in [-0.15, -0.1) is 0 Å². The maximum absolute atomic E-state index is 12.7. The Morgan fingerprint density at radius 2 is 1.39 bits per heavy atom. The van der Waals surface area contributed by atoms with Crippen molar-refractivity contribution in [2.45, 2.75) is 20.4 Å². The second-order valence-corrected chi connectivity index (χ2v) is 7.22. The molecule has 0 bridgehead atoms. The van der Waals surface area contributed by atoms with Crippen molar-refractivity contribution in [3.05, 3.63) is 55.9 Å². The molecule has 1 aromatic heterocycles. The molecule has 0 fully saturated rings. The molecule has 1 aliphatic heterocycles. The molecule has 4 N–H and O–H groups in total. The van der Waals surface area contributed by atoms with Gasteiger partial charge in [0.2, 0.25) is 0 Å². The zero-order valence-electron chi connectivity index (χ0n) is 21.3. The van der Waals surface area contributed by atoms with Gasteiger partial charge in [-0.1, -0.05) is 12.2 Å². The summed E-state index contributed by atoms with van der Waals surface area (Å²) in [7, 11) is 0. The first kappa shape index (κ1) is 40.0. The van der Waals surface area contributed by atoms with E-state index < -0.39 is 71.2 Å². The monoisotopic (exact) mass is 602 g/mol. The van der Waals surface area contributed by atoms with Gasteiger partial charge in [0.1, 0.15) is 11.1 Å². The van der Waals surface area contributed by atoms with Gasteiger partial charge in [-0.3, -0.25) is 28.9 Å². The van der Waals surface area contributed by atoms with Gasteiger partial charge in [0.05, 0.1) is 25.0 Å². The molecule has 38 heavy (non-hydrogen) atoms. The van der Waals surface area contributed by atoms with Crippen molar-refractivity contribution < 1.29 is 198 Å². The summed E-state index contributed by atoms with van der Waals surface area (Å²) in [6.07, 6.45) is 3.10. The van der Waals surface area contributed by atoms with Crippen molar-refractivity contribution in [2.75, 3.05) is 6.54 Å². The smallest absolute Gasteiger partial charge is 0.860 e. The molecule has 0 saturated heterocycles. The van der Waals surface area contributed by atoms with Crippen molar-refractivity contribution in [2.24, 2.45) is 11.5 Å². The fourth-order valence-electron chi connectivity index (χ4n) is 3.42. The Bertz CT molecular complexity index is 1360. The van der Waals surface area contributed by atoms with Crippen LogP contribution in [0.1, 0.15) is 28.4 Å². The van der Waals surface area contributed by atoms with Crippen LogP contribution in [0.5, 0.6) is 5.88 Å². The van der Waals surface area contributed by atoms with E-state index in [2.05, 4.69) is 0 Å². The Morgan fingerprint density at radius 3 is 1.84 bits per heavy atom. The Morgan fingerprint density at radius 1 is 0.868 bits per heavy atom. The molecule has 184 valence electrons. The van der Waals surface area contributed by atoms with Crippen LogP contribution in [0.15, 0.2) is 33.7 Å². The molecule has 0 unspecified atom stereocenters. The fourth-order valence-corrected chi connectivity index (χ4v) is 3.42. The van der Waals surface area contributed by atoms with E-state index in [9.17, 15) is 48.9 Å². The third-order valence-electron chi connectivity index (χ3n) is 5.02. The third-order valence-corrected chi connectivity index (χ3v) is 5.02. The molecule has 0 aliphatic carbocycles. The molecule has 14 nitrogen and oxygen atoms in total. The van der Waals surface area contributed by atoms with Crippen LogP contribution in [0.4, 0.5) is 0 Å². The number of imide groups is 1. The van der Waals surface area contributed by atoms with Gasteiger partial charge in [-0.05, 0) is 42.5 Å². The third kappa shape index (κ3) is 8.95. The summed E-state index contributed by atoms with van der Waals surface area (Å²) in [6.45, 7) is 0.0917. The van der Waals surface area contributed by atoms with Crippen LogP contribution in [-0.4, -0.2) is 51.6 Å². The van der Waals surface area contributed by atoms with E-state index in [1.54, 1.807) is 0 Å². The van der Waals surface area contributed by atoms with Crippen LogP contribution < -0.4 is 186 Å². The predicted octanol–water partition coefficient (Wildman–Crippen LogP) is -14.0. The van der Waals surface area contributed by atoms with E-state index >= 15 is 0 Å². The minimum atomic E-state index is -1.79. The van der Waals surface area contributed by atoms with Crippen LogP contribution in [-0.2, 0) is 30.5 Å². The van der Waals surface area contributed by atoms with Crippen LogP contribution in [0.25, 0.3) is 6.08 Å². The second kappa shape index (κ2) is 17.0. The number of hydrogen-bond donors (Lipinski definition) is 2. The fraction of sp³-hybridized carbons (Fsp3) is 0.190. The summed E-state index contributed by atoms with van der Waals surface area (Å²) in [5.74, 6) is -9.47. The summed E-state index contributed by atoms with van der Waals surface area (Å²) in [4.78, 5) is 83.0. The first-order valence-corrected chi connectivity index (χ1v) is 9.60.